The summed E-state index contributed by atoms with van der Waals surface area (Å²) < 4.78 is 1.74. The molecule has 0 amide bonds. The van der Waals surface area contributed by atoms with Gasteiger partial charge in [0.25, 0.3) is 0 Å². The van der Waals surface area contributed by atoms with Gasteiger partial charge < -0.3 is 5.32 Å². The molecule has 0 saturated heterocycles. The van der Waals surface area contributed by atoms with Crippen LogP contribution in [0.3, 0.4) is 0 Å². The molecule has 0 aliphatic carbocycles. The van der Waals surface area contributed by atoms with Crippen LogP contribution < -0.4 is 5.32 Å². The molecular weight excluding hydrogens is 284 g/mol. The Balaban J connectivity index is 2.31. The number of pyridine rings is 1. The van der Waals surface area contributed by atoms with Crippen molar-refractivity contribution in [1.29, 1.82) is 0 Å². The van der Waals surface area contributed by atoms with Gasteiger partial charge in [-0.15, -0.1) is 0 Å². The van der Waals surface area contributed by atoms with E-state index in [1.807, 2.05) is 26.4 Å². The lowest BCUT2D eigenvalue weighted by Gasteiger charge is -2.20. The van der Waals surface area contributed by atoms with Crippen molar-refractivity contribution in [3.8, 4) is 0 Å². The maximum absolute atomic E-state index is 6.38. The number of aromatic nitrogens is 3. The van der Waals surface area contributed by atoms with Crippen molar-refractivity contribution in [3.63, 3.8) is 0 Å². The molecule has 5 heteroatoms. The van der Waals surface area contributed by atoms with E-state index in [9.17, 15) is 0 Å². The highest BCUT2D eigenvalue weighted by Gasteiger charge is 2.19. The van der Waals surface area contributed by atoms with Crippen LogP contribution in [0.25, 0.3) is 0 Å². The van der Waals surface area contributed by atoms with Gasteiger partial charge >= 0.3 is 0 Å². The van der Waals surface area contributed by atoms with E-state index in [4.69, 9.17) is 11.6 Å². The normalized spacial score (nSPS) is 12.6. The van der Waals surface area contributed by atoms with Crippen molar-refractivity contribution in [2.75, 3.05) is 6.54 Å². The Bertz CT molecular complexity index is 606. The van der Waals surface area contributed by atoms with Crippen LogP contribution in [0.4, 0.5) is 0 Å². The molecule has 0 bridgehead atoms. The van der Waals surface area contributed by atoms with Gasteiger partial charge in [-0.1, -0.05) is 18.5 Å². The van der Waals surface area contributed by atoms with Crippen LogP contribution in [0, 0.1) is 13.8 Å². The topological polar surface area (TPSA) is 42.7 Å². The van der Waals surface area contributed by atoms with Crippen molar-refractivity contribution in [1.82, 2.24) is 20.1 Å². The second-order valence-electron chi connectivity index (χ2n) is 5.42. The van der Waals surface area contributed by atoms with Crippen molar-refractivity contribution < 1.29 is 0 Å². The predicted molar refractivity (Wildman–Crippen MR) is 86.7 cm³/mol. The summed E-state index contributed by atoms with van der Waals surface area (Å²) in [5, 5.41) is 8.74. The van der Waals surface area contributed by atoms with Crippen molar-refractivity contribution >= 4 is 11.6 Å². The SMILES string of the molecule is CCCNC(Cc1c(C)nn(C)c1Cl)c1ccncc1C. The van der Waals surface area contributed by atoms with Gasteiger partial charge in [-0.25, -0.2) is 0 Å². The van der Waals surface area contributed by atoms with E-state index in [1.165, 1.54) is 11.1 Å². The number of aryl methyl sites for hydroxylation is 3. The molecular formula is C16H23ClN4. The van der Waals surface area contributed by atoms with Gasteiger partial charge in [0.15, 0.2) is 0 Å². The van der Waals surface area contributed by atoms with Crippen LogP contribution >= 0.6 is 11.6 Å². The lowest BCUT2D eigenvalue weighted by atomic mass is 9.97. The van der Waals surface area contributed by atoms with E-state index < -0.39 is 0 Å². The molecule has 0 spiro atoms. The zero-order chi connectivity index (χ0) is 15.4. The number of nitrogens with one attached hydrogen (secondary N) is 1. The Hall–Kier alpha value is -1.39. The second kappa shape index (κ2) is 7.05. The zero-order valence-electron chi connectivity index (χ0n) is 13.2. The second-order valence-corrected chi connectivity index (χ2v) is 5.78. The van der Waals surface area contributed by atoms with Crippen molar-refractivity contribution in [3.05, 3.63) is 46.0 Å². The maximum atomic E-state index is 6.38. The van der Waals surface area contributed by atoms with Crippen LogP contribution in [0.15, 0.2) is 18.5 Å². The van der Waals surface area contributed by atoms with Crippen molar-refractivity contribution in [2.45, 2.75) is 39.7 Å². The summed E-state index contributed by atoms with van der Waals surface area (Å²) in [6.45, 7) is 7.26. The molecule has 1 atom stereocenters. The fourth-order valence-corrected chi connectivity index (χ4v) is 2.85. The number of halogens is 1. The van der Waals surface area contributed by atoms with Crippen LogP contribution in [0.1, 0.15) is 41.8 Å². The Morgan fingerprint density at radius 3 is 2.71 bits per heavy atom. The van der Waals surface area contributed by atoms with Crippen LogP contribution in [-0.2, 0) is 13.5 Å². The summed E-state index contributed by atoms with van der Waals surface area (Å²) in [5.74, 6) is 0. The van der Waals surface area contributed by atoms with Crippen LogP contribution in [0.5, 0.6) is 0 Å². The molecule has 2 aromatic rings. The lowest BCUT2D eigenvalue weighted by molar-refractivity contribution is 0.525. The van der Waals surface area contributed by atoms with Gasteiger partial charge in [-0.3, -0.25) is 9.67 Å². The number of rotatable bonds is 6. The molecule has 114 valence electrons. The molecule has 0 aliphatic heterocycles. The third-order valence-corrected chi connectivity index (χ3v) is 4.23. The predicted octanol–water partition coefficient (Wildman–Crippen LogP) is 3.37. The Kier molecular flexibility index (Phi) is 5.37. The Labute approximate surface area is 131 Å². The molecule has 0 radical (unpaired) electrons. The van der Waals surface area contributed by atoms with Gasteiger partial charge in [-0.2, -0.15) is 5.10 Å². The zero-order valence-corrected chi connectivity index (χ0v) is 13.9. The summed E-state index contributed by atoms with van der Waals surface area (Å²) >= 11 is 6.38. The van der Waals surface area contributed by atoms with Gasteiger partial charge in [0.1, 0.15) is 5.15 Å². The highest BCUT2D eigenvalue weighted by atomic mass is 35.5. The molecule has 0 aliphatic rings. The molecule has 21 heavy (non-hydrogen) atoms. The third-order valence-electron chi connectivity index (χ3n) is 3.76. The number of nitrogens with zero attached hydrogens (tertiary/aromatic N) is 3. The van der Waals surface area contributed by atoms with Crippen molar-refractivity contribution in [2.24, 2.45) is 7.05 Å². The van der Waals surface area contributed by atoms with E-state index in [2.05, 4.69) is 35.3 Å². The smallest absolute Gasteiger partial charge is 0.130 e. The van der Waals surface area contributed by atoms with Gasteiger partial charge in [0.05, 0.1) is 5.69 Å². The first-order valence-corrected chi connectivity index (χ1v) is 7.74. The quantitative estimate of drug-likeness (QED) is 0.890. The van der Waals surface area contributed by atoms with Gasteiger partial charge in [0.2, 0.25) is 0 Å². The first-order valence-electron chi connectivity index (χ1n) is 7.36. The molecule has 0 aromatic carbocycles. The van der Waals surface area contributed by atoms with E-state index in [1.54, 1.807) is 4.68 Å². The minimum atomic E-state index is 0.230. The molecule has 4 nitrogen and oxygen atoms in total. The molecule has 0 saturated carbocycles. The standard InChI is InChI=1S/C16H23ClN4/c1-5-7-19-15(13-6-8-18-10-11(13)2)9-14-12(3)20-21(4)16(14)17/h6,8,10,15,19H,5,7,9H2,1-4H3. The van der Waals surface area contributed by atoms with E-state index in [0.717, 1.165) is 35.8 Å². The minimum absolute atomic E-state index is 0.230. The van der Waals surface area contributed by atoms with E-state index in [0.29, 0.717) is 0 Å². The lowest BCUT2D eigenvalue weighted by Crippen LogP contribution is -2.25. The summed E-state index contributed by atoms with van der Waals surface area (Å²) in [7, 11) is 1.88. The van der Waals surface area contributed by atoms with Gasteiger partial charge in [0, 0.05) is 31.0 Å². The fraction of sp³-hybridized carbons (Fsp3) is 0.500. The molecule has 0 fully saturated rings. The van der Waals surface area contributed by atoms with Crippen LogP contribution in [-0.4, -0.2) is 21.3 Å². The Morgan fingerprint density at radius 2 is 2.14 bits per heavy atom. The number of hydrogen-bond donors (Lipinski definition) is 1. The molecule has 2 heterocycles. The largest absolute Gasteiger partial charge is 0.310 e. The average molecular weight is 307 g/mol. The van der Waals surface area contributed by atoms with Gasteiger partial charge in [-0.05, 0) is 50.4 Å². The summed E-state index contributed by atoms with van der Waals surface area (Å²) in [4.78, 5) is 4.18. The monoisotopic (exact) mass is 306 g/mol. The van der Waals surface area contributed by atoms with E-state index in [-0.39, 0.29) is 6.04 Å². The fourth-order valence-electron chi connectivity index (χ4n) is 2.60. The highest BCUT2D eigenvalue weighted by Crippen LogP contribution is 2.27. The first kappa shape index (κ1) is 16.0. The molecule has 1 unspecified atom stereocenters. The van der Waals surface area contributed by atoms with Crippen LogP contribution in [0.2, 0.25) is 5.15 Å². The first-order chi connectivity index (χ1) is 10.0. The highest BCUT2D eigenvalue weighted by molar-refractivity contribution is 6.30. The molecule has 1 N–H and O–H groups in total. The molecule has 2 aromatic heterocycles. The molecule has 2 rings (SSSR count). The number of hydrogen-bond acceptors (Lipinski definition) is 3. The third kappa shape index (κ3) is 3.63. The van der Waals surface area contributed by atoms with E-state index >= 15 is 0 Å². The summed E-state index contributed by atoms with van der Waals surface area (Å²) in [6, 6.07) is 2.32. The minimum Gasteiger partial charge on any atom is -0.310 e. The summed E-state index contributed by atoms with van der Waals surface area (Å²) in [5.41, 5.74) is 4.59. The summed E-state index contributed by atoms with van der Waals surface area (Å²) in [6.07, 6.45) is 5.69. The Morgan fingerprint density at radius 1 is 1.38 bits per heavy atom. The average Bonchev–Trinajstić information content (AvgIpc) is 2.70. The maximum Gasteiger partial charge on any atom is 0.130 e.